The second-order valence-corrected chi connectivity index (χ2v) is 8.57. The molecule has 2 aromatic rings. The monoisotopic (exact) mass is 429 g/mol. The van der Waals surface area contributed by atoms with Gasteiger partial charge < -0.3 is 5.32 Å². The molecule has 0 bridgehead atoms. The predicted octanol–water partition coefficient (Wildman–Crippen LogP) is 7.83. The molecule has 0 radical (unpaired) electrons. The molecule has 0 saturated heterocycles. The number of hydrogen-bond donors (Lipinski definition) is 1. The van der Waals surface area contributed by atoms with Gasteiger partial charge in [0.1, 0.15) is 0 Å². The van der Waals surface area contributed by atoms with E-state index in [1.54, 1.807) is 12.1 Å². The summed E-state index contributed by atoms with van der Waals surface area (Å²) in [5.41, 5.74) is 1.87. The molecule has 0 amide bonds. The molecule has 168 valence electrons. The number of hydrogen-bond acceptors (Lipinski definition) is 1. The topological polar surface area (TPSA) is 12.0 Å². The molecule has 2 aromatic carbocycles. The minimum Gasteiger partial charge on any atom is -0.304 e. The predicted molar refractivity (Wildman–Crippen MR) is 123 cm³/mol. The van der Waals surface area contributed by atoms with E-state index in [0.29, 0.717) is 6.54 Å². The van der Waals surface area contributed by atoms with Gasteiger partial charge in [0.05, 0.1) is 5.56 Å². The van der Waals surface area contributed by atoms with Crippen LogP contribution in [-0.4, -0.2) is 0 Å². The Balaban J connectivity index is 1.81. The van der Waals surface area contributed by atoms with Crippen molar-refractivity contribution in [1.82, 2.24) is 5.32 Å². The molecular formula is C27H34F3N. The lowest BCUT2D eigenvalue weighted by Crippen LogP contribution is -2.36. The van der Waals surface area contributed by atoms with Crippen LogP contribution in [-0.2, 0) is 18.3 Å². The molecule has 0 atom stereocenters. The van der Waals surface area contributed by atoms with Gasteiger partial charge in [-0.15, -0.1) is 0 Å². The molecule has 0 fully saturated rings. The molecule has 4 heteroatoms. The third-order valence-electron chi connectivity index (χ3n) is 5.51. The Morgan fingerprint density at radius 1 is 0.774 bits per heavy atom. The molecule has 0 aromatic heterocycles. The molecule has 0 spiro atoms. The Labute approximate surface area is 185 Å². The maximum absolute atomic E-state index is 12.8. The fraction of sp³-hybridized carbons (Fsp3) is 0.481. The second-order valence-electron chi connectivity index (χ2n) is 8.57. The first kappa shape index (κ1) is 25.0. The molecule has 31 heavy (non-hydrogen) atoms. The van der Waals surface area contributed by atoms with E-state index in [-0.39, 0.29) is 0 Å². The number of halogens is 3. The van der Waals surface area contributed by atoms with E-state index in [2.05, 4.69) is 24.1 Å². The van der Waals surface area contributed by atoms with Gasteiger partial charge in [0.25, 0.3) is 0 Å². The van der Waals surface area contributed by atoms with E-state index in [1.807, 2.05) is 38.1 Å². The van der Waals surface area contributed by atoms with Crippen LogP contribution in [0.5, 0.6) is 0 Å². The fourth-order valence-electron chi connectivity index (χ4n) is 3.37. The van der Waals surface area contributed by atoms with Gasteiger partial charge in [-0.1, -0.05) is 75.1 Å². The van der Waals surface area contributed by atoms with E-state index in [0.717, 1.165) is 41.7 Å². The minimum atomic E-state index is -4.31. The maximum atomic E-state index is 12.8. The fourth-order valence-corrected chi connectivity index (χ4v) is 3.37. The summed E-state index contributed by atoms with van der Waals surface area (Å²) >= 11 is 0. The molecule has 0 aliphatic heterocycles. The average Bonchev–Trinajstić information content (AvgIpc) is 2.74. The van der Waals surface area contributed by atoms with Gasteiger partial charge in [-0.05, 0) is 55.7 Å². The Hall–Kier alpha value is -2.25. The standard InChI is InChI=1S/C27H34F3N/c1-4-5-6-7-8-9-10-11-12-22-13-15-23(16-14-22)21-31-26(2,3)24-17-19-25(20-18-24)27(28,29)30/h13-20,31H,4-10,21H2,1-3H3. The van der Waals surface area contributed by atoms with Crippen molar-refractivity contribution < 1.29 is 13.2 Å². The smallest absolute Gasteiger partial charge is 0.304 e. The van der Waals surface area contributed by atoms with Crippen LogP contribution in [0.3, 0.4) is 0 Å². The van der Waals surface area contributed by atoms with Crippen LogP contribution in [0.2, 0.25) is 0 Å². The molecule has 0 saturated carbocycles. The highest BCUT2D eigenvalue weighted by Crippen LogP contribution is 2.31. The summed E-state index contributed by atoms with van der Waals surface area (Å²) in [6, 6.07) is 13.5. The molecular weight excluding hydrogens is 395 g/mol. The molecule has 0 heterocycles. The largest absolute Gasteiger partial charge is 0.416 e. The molecule has 0 aliphatic carbocycles. The first-order valence-electron chi connectivity index (χ1n) is 11.2. The van der Waals surface area contributed by atoms with Gasteiger partial charge in [-0.2, -0.15) is 13.2 Å². The highest BCUT2D eigenvalue weighted by Gasteiger charge is 2.30. The van der Waals surface area contributed by atoms with E-state index in [1.165, 1.54) is 32.1 Å². The Morgan fingerprint density at radius 3 is 1.97 bits per heavy atom. The van der Waals surface area contributed by atoms with Gasteiger partial charge in [0.2, 0.25) is 0 Å². The van der Waals surface area contributed by atoms with Crippen LogP contribution in [0, 0.1) is 11.8 Å². The van der Waals surface area contributed by atoms with Gasteiger partial charge in [0, 0.05) is 24.1 Å². The second kappa shape index (κ2) is 12.0. The van der Waals surface area contributed by atoms with Crippen molar-refractivity contribution in [2.75, 3.05) is 0 Å². The van der Waals surface area contributed by atoms with Gasteiger partial charge >= 0.3 is 6.18 Å². The number of unbranched alkanes of at least 4 members (excludes halogenated alkanes) is 6. The number of benzene rings is 2. The maximum Gasteiger partial charge on any atom is 0.416 e. The van der Waals surface area contributed by atoms with Crippen LogP contribution in [0.25, 0.3) is 0 Å². The van der Waals surface area contributed by atoms with Gasteiger partial charge in [-0.3, -0.25) is 0 Å². The molecule has 1 N–H and O–H groups in total. The van der Waals surface area contributed by atoms with Crippen molar-refractivity contribution in [3.8, 4) is 11.8 Å². The lowest BCUT2D eigenvalue weighted by molar-refractivity contribution is -0.137. The normalized spacial score (nSPS) is 11.8. The lowest BCUT2D eigenvalue weighted by atomic mass is 9.93. The number of alkyl halides is 3. The Kier molecular flexibility index (Phi) is 9.65. The zero-order valence-corrected chi connectivity index (χ0v) is 18.9. The highest BCUT2D eigenvalue weighted by molar-refractivity contribution is 5.36. The van der Waals surface area contributed by atoms with Crippen LogP contribution in [0.1, 0.15) is 88.0 Å². The molecule has 1 nitrogen and oxygen atoms in total. The van der Waals surface area contributed by atoms with Crippen molar-refractivity contribution in [3.63, 3.8) is 0 Å². The van der Waals surface area contributed by atoms with Gasteiger partial charge in [0.15, 0.2) is 0 Å². The van der Waals surface area contributed by atoms with E-state index in [4.69, 9.17) is 0 Å². The summed E-state index contributed by atoms with van der Waals surface area (Å²) in [6.07, 6.45) is 4.29. The van der Waals surface area contributed by atoms with Crippen molar-refractivity contribution >= 4 is 0 Å². The van der Waals surface area contributed by atoms with Crippen molar-refractivity contribution in [2.45, 2.75) is 84.0 Å². The summed E-state index contributed by atoms with van der Waals surface area (Å²) in [5.74, 6) is 6.49. The number of rotatable bonds is 10. The van der Waals surface area contributed by atoms with Crippen LogP contribution >= 0.6 is 0 Å². The number of nitrogens with one attached hydrogen (secondary N) is 1. The molecule has 0 unspecified atom stereocenters. The zero-order valence-electron chi connectivity index (χ0n) is 18.9. The summed E-state index contributed by atoms with van der Waals surface area (Å²) in [7, 11) is 0. The molecule has 0 aliphatic rings. The lowest BCUT2D eigenvalue weighted by Gasteiger charge is -2.27. The summed E-state index contributed by atoms with van der Waals surface area (Å²) in [6.45, 7) is 6.79. The van der Waals surface area contributed by atoms with Crippen LogP contribution in [0.4, 0.5) is 13.2 Å². The van der Waals surface area contributed by atoms with Crippen molar-refractivity contribution in [1.29, 1.82) is 0 Å². The third-order valence-corrected chi connectivity index (χ3v) is 5.51. The van der Waals surface area contributed by atoms with Crippen molar-refractivity contribution in [2.24, 2.45) is 0 Å². The Morgan fingerprint density at radius 2 is 1.35 bits per heavy atom. The molecule has 2 rings (SSSR count). The first-order chi connectivity index (χ1) is 14.7. The Bertz CT molecular complexity index is 837. The zero-order chi connectivity index (χ0) is 22.7. The third kappa shape index (κ3) is 8.79. The van der Waals surface area contributed by atoms with Crippen molar-refractivity contribution in [3.05, 3.63) is 70.8 Å². The van der Waals surface area contributed by atoms with E-state index in [9.17, 15) is 13.2 Å². The highest BCUT2D eigenvalue weighted by atomic mass is 19.4. The summed E-state index contributed by atoms with van der Waals surface area (Å²) < 4.78 is 38.3. The van der Waals surface area contributed by atoms with E-state index >= 15 is 0 Å². The van der Waals surface area contributed by atoms with E-state index < -0.39 is 17.3 Å². The first-order valence-corrected chi connectivity index (χ1v) is 11.2. The summed E-state index contributed by atoms with van der Waals surface area (Å²) in [5, 5.41) is 3.43. The van der Waals surface area contributed by atoms with Crippen LogP contribution < -0.4 is 5.32 Å². The quantitative estimate of drug-likeness (QED) is 0.300. The van der Waals surface area contributed by atoms with Gasteiger partial charge in [-0.25, -0.2) is 0 Å². The minimum absolute atomic E-state index is 0.445. The summed E-state index contributed by atoms with van der Waals surface area (Å²) in [4.78, 5) is 0. The SMILES string of the molecule is CCCCCCCCC#Cc1ccc(CNC(C)(C)c2ccc(C(F)(F)F)cc2)cc1. The van der Waals surface area contributed by atoms with Crippen LogP contribution in [0.15, 0.2) is 48.5 Å². The average molecular weight is 430 g/mol.